The molecule has 0 aliphatic carbocycles. The highest BCUT2D eigenvalue weighted by Crippen LogP contribution is 2.14. The van der Waals surface area contributed by atoms with E-state index in [1.54, 1.807) is 37.4 Å². The number of rotatable bonds is 4. The Bertz CT molecular complexity index is 608. The van der Waals surface area contributed by atoms with Crippen LogP contribution in [0.2, 0.25) is 5.02 Å². The number of halogens is 1. The highest BCUT2D eigenvalue weighted by molar-refractivity contribution is 6.33. The number of ether oxygens (including phenoxy) is 1. The van der Waals surface area contributed by atoms with E-state index in [9.17, 15) is 9.59 Å². The van der Waals surface area contributed by atoms with E-state index in [1.165, 1.54) is 10.9 Å². The molecule has 2 rings (SSSR count). The molecule has 0 atom stereocenters. The van der Waals surface area contributed by atoms with Crippen molar-refractivity contribution in [1.82, 2.24) is 9.78 Å². The van der Waals surface area contributed by atoms with Crippen LogP contribution in [0.4, 0.5) is 0 Å². The second-order valence-corrected chi connectivity index (χ2v) is 4.27. The van der Waals surface area contributed by atoms with Gasteiger partial charge in [-0.2, -0.15) is 5.10 Å². The van der Waals surface area contributed by atoms with E-state index in [0.29, 0.717) is 5.56 Å². The van der Waals surface area contributed by atoms with Crippen LogP contribution in [0.25, 0.3) is 0 Å². The Kier molecular flexibility index (Phi) is 3.97. The standard InChI is InChI=1S/C13H11ClN2O3/c1-16-7-10(14)12(15-16)13(18)19-8-11(17)9-5-3-2-4-6-9/h2-7H,8H2,1H3. The number of carbonyl (C=O) groups excluding carboxylic acids is 2. The molecule has 0 unspecified atom stereocenters. The third kappa shape index (κ3) is 3.20. The van der Waals surface area contributed by atoms with Crippen LogP contribution < -0.4 is 0 Å². The van der Waals surface area contributed by atoms with Gasteiger partial charge in [0.25, 0.3) is 0 Å². The van der Waals surface area contributed by atoms with Crippen molar-refractivity contribution in [2.24, 2.45) is 7.05 Å². The summed E-state index contributed by atoms with van der Waals surface area (Å²) < 4.78 is 6.29. The number of nitrogens with zero attached hydrogens (tertiary/aromatic N) is 2. The molecule has 0 aliphatic rings. The Morgan fingerprint density at radius 3 is 2.58 bits per heavy atom. The summed E-state index contributed by atoms with van der Waals surface area (Å²) in [6, 6.07) is 8.60. The maximum atomic E-state index is 11.7. The zero-order chi connectivity index (χ0) is 13.8. The van der Waals surface area contributed by atoms with Crippen LogP contribution in [0.15, 0.2) is 36.5 Å². The zero-order valence-corrected chi connectivity index (χ0v) is 10.9. The second kappa shape index (κ2) is 5.67. The quantitative estimate of drug-likeness (QED) is 0.635. The first-order valence-corrected chi connectivity index (χ1v) is 5.90. The minimum atomic E-state index is -0.713. The van der Waals surface area contributed by atoms with Gasteiger partial charge in [-0.3, -0.25) is 9.48 Å². The first kappa shape index (κ1) is 13.3. The van der Waals surface area contributed by atoms with Crippen LogP contribution in [0.1, 0.15) is 20.8 Å². The Morgan fingerprint density at radius 1 is 1.32 bits per heavy atom. The van der Waals surface area contributed by atoms with Crippen LogP contribution >= 0.6 is 11.6 Å². The van der Waals surface area contributed by atoms with Gasteiger partial charge in [-0.15, -0.1) is 0 Å². The van der Waals surface area contributed by atoms with E-state index in [-0.39, 0.29) is 23.1 Å². The van der Waals surface area contributed by atoms with Crippen molar-refractivity contribution in [3.05, 3.63) is 52.8 Å². The molecule has 0 spiro atoms. The van der Waals surface area contributed by atoms with Gasteiger partial charge in [0.15, 0.2) is 18.1 Å². The van der Waals surface area contributed by atoms with Crippen LogP contribution in [-0.2, 0) is 11.8 Å². The molecule has 1 heterocycles. The smallest absolute Gasteiger partial charge is 0.360 e. The second-order valence-electron chi connectivity index (χ2n) is 3.86. The fourth-order valence-electron chi connectivity index (χ4n) is 1.50. The number of hydrogen-bond donors (Lipinski definition) is 0. The van der Waals surface area contributed by atoms with Gasteiger partial charge in [-0.05, 0) is 0 Å². The maximum absolute atomic E-state index is 11.7. The lowest BCUT2D eigenvalue weighted by atomic mass is 10.1. The molecular formula is C13H11ClN2O3. The van der Waals surface area contributed by atoms with E-state index in [2.05, 4.69) is 5.10 Å². The first-order chi connectivity index (χ1) is 9.08. The van der Waals surface area contributed by atoms with Crippen molar-refractivity contribution >= 4 is 23.4 Å². The summed E-state index contributed by atoms with van der Waals surface area (Å²) in [6.45, 7) is -0.338. The van der Waals surface area contributed by atoms with Crippen LogP contribution in [0.3, 0.4) is 0 Å². The fourth-order valence-corrected chi connectivity index (χ4v) is 1.76. The molecule has 0 N–H and O–H groups in total. The summed E-state index contributed by atoms with van der Waals surface area (Å²) >= 11 is 5.80. The average molecular weight is 279 g/mol. The minimum absolute atomic E-state index is 0.00466. The number of hydrogen-bond acceptors (Lipinski definition) is 4. The van der Waals surface area contributed by atoms with Crippen molar-refractivity contribution in [2.45, 2.75) is 0 Å². The molecule has 1 aromatic heterocycles. The molecule has 0 radical (unpaired) electrons. The van der Waals surface area contributed by atoms with Crippen molar-refractivity contribution in [3.8, 4) is 0 Å². The van der Waals surface area contributed by atoms with Crippen molar-refractivity contribution < 1.29 is 14.3 Å². The molecule has 1 aromatic carbocycles. The third-order valence-electron chi connectivity index (χ3n) is 2.41. The van der Waals surface area contributed by atoms with Crippen molar-refractivity contribution in [1.29, 1.82) is 0 Å². The van der Waals surface area contributed by atoms with Gasteiger partial charge in [-0.25, -0.2) is 4.79 Å². The molecule has 0 fully saturated rings. The number of ketones is 1. The normalized spacial score (nSPS) is 10.2. The van der Waals surface area contributed by atoms with Gasteiger partial charge < -0.3 is 4.74 Å². The Morgan fingerprint density at radius 2 is 2.00 bits per heavy atom. The Balaban J connectivity index is 1.98. The van der Waals surface area contributed by atoms with Gasteiger partial charge in [0.05, 0.1) is 5.02 Å². The molecule has 19 heavy (non-hydrogen) atoms. The largest absolute Gasteiger partial charge is 0.452 e. The molecule has 6 heteroatoms. The van der Waals surface area contributed by atoms with Gasteiger partial charge in [0, 0.05) is 18.8 Å². The molecule has 0 amide bonds. The van der Waals surface area contributed by atoms with Crippen molar-refractivity contribution in [2.75, 3.05) is 6.61 Å². The summed E-state index contributed by atoms with van der Waals surface area (Å²) in [5.74, 6) is -0.990. The molecule has 0 saturated heterocycles. The monoisotopic (exact) mass is 278 g/mol. The highest BCUT2D eigenvalue weighted by Gasteiger charge is 2.17. The summed E-state index contributed by atoms with van der Waals surface area (Å²) in [5.41, 5.74) is 0.493. The molecule has 5 nitrogen and oxygen atoms in total. The predicted octanol–water partition coefficient (Wildman–Crippen LogP) is 2.11. The molecular weight excluding hydrogens is 268 g/mol. The summed E-state index contributed by atoms with van der Waals surface area (Å²) in [5, 5.41) is 4.05. The Hall–Kier alpha value is -2.14. The lowest BCUT2D eigenvalue weighted by molar-refractivity contribution is 0.0468. The van der Waals surface area contributed by atoms with Crippen LogP contribution in [0.5, 0.6) is 0 Å². The molecule has 2 aromatic rings. The van der Waals surface area contributed by atoms with E-state index >= 15 is 0 Å². The average Bonchev–Trinajstić information content (AvgIpc) is 2.75. The number of benzene rings is 1. The molecule has 0 aliphatic heterocycles. The number of esters is 1. The maximum Gasteiger partial charge on any atom is 0.360 e. The third-order valence-corrected chi connectivity index (χ3v) is 2.68. The topological polar surface area (TPSA) is 61.2 Å². The summed E-state index contributed by atoms with van der Waals surface area (Å²) in [6.07, 6.45) is 1.48. The van der Waals surface area contributed by atoms with E-state index in [4.69, 9.17) is 16.3 Å². The summed E-state index contributed by atoms with van der Waals surface area (Å²) in [4.78, 5) is 23.4. The lowest BCUT2D eigenvalue weighted by Gasteiger charge is -2.02. The molecule has 0 saturated carbocycles. The number of aryl methyl sites for hydroxylation is 1. The van der Waals surface area contributed by atoms with Gasteiger partial charge in [0.1, 0.15) is 0 Å². The predicted molar refractivity (Wildman–Crippen MR) is 69.3 cm³/mol. The molecule has 0 bridgehead atoms. The van der Waals surface area contributed by atoms with Crippen LogP contribution in [-0.4, -0.2) is 28.1 Å². The SMILES string of the molecule is Cn1cc(Cl)c(C(=O)OCC(=O)c2ccccc2)n1. The van der Waals surface area contributed by atoms with Gasteiger partial charge in [-0.1, -0.05) is 41.9 Å². The van der Waals surface area contributed by atoms with Crippen molar-refractivity contribution in [3.63, 3.8) is 0 Å². The van der Waals surface area contributed by atoms with Gasteiger partial charge >= 0.3 is 5.97 Å². The number of carbonyl (C=O) groups is 2. The summed E-state index contributed by atoms with van der Waals surface area (Å²) in [7, 11) is 1.64. The van der Waals surface area contributed by atoms with E-state index in [0.717, 1.165) is 0 Å². The Labute approximate surface area is 114 Å². The number of Topliss-reactive ketones (excluding diaryl/α,β-unsaturated/α-hetero) is 1. The lowest BCUT2D eigenvalue weighted by Crippen LogP contribution is -2.15. The molecule has 98 valence electrons. The van der Waals surface area contributed by atoms with Gasteiger partial charge in [0.2, 0.25) is 0 Å². The first-order valence-electron chi connectivity index (χ1n) is 5.52. The van der Waals surface area contributed by atoms with Crippen LogP contribution in [0, 0.1) is 0 Å². The number of aromatic nitrogens is 2. The van der Waals surface area contributed by atoms with E-state index in [1.807, 2.05) is 0 Å². The van der Waals surface area contributed by atoms with E-state index < -0.39 is 5.97 Å². The highest BCUT2D eigenvalue weighted by atomic mass is 35.5. The zero-order valence-electron chi connectivity index (χ0n) is 10.2. The fraction of sp³-hybridized carbons (Fsp3) is 0.154. The minimum Gasteiger partial charge on any atom is -0.452 e.